The molecule has 26 heavy (non-hydrogen) atoms. The molecular formula is C19H21FN4O2. The first kappa shape index (κ1) is 17.6. The molecule has 6 nitrogen and oxygen atoms in total. The van der Waals surface area contributed by atoms with Crippen LogP contribution in [-0.4, -0.2) is 25.3 Å². The maximum absolute atomic E-state index is 14.4. The van der Waals surface area contributed by atoms with Gasteiger partial charge in [-0.1, -0.05) is 30.3 Å². The first-order chi connectivity index (χ1) is 12.7. The van der Waals surface area contributed by atoms with Crippen molar-refractivity contribution in [2.75, 3.05) is 23.3 Å². The molecule has 4 N–H and O–H groups in total. The van der Waals surface area contributed by atoms with Crippen LogP contribution in [0.4, 0.5) is 20.6 Å². The number of benzene rings is 2. The third kappa shape index (κ3) is 4.24. The lowest BCUT2D eigenvalue weighted by molar-refractivity contribution is 0.142. The zero-order valence-corrected chi connectivity index (χ0v) is 14.2. The van der Waals surface area contributed by atoms with E-state index < -0.39 is 11.9 Å². The Kier molecular flexibility index (Phi) is 5.58. The highest BCUT2D eigenvalue weighted by Crippen LogP contribution is 2.26. The molecule has 0 spiro atoms. The van der Waals surface area contributed by atoms with Crippen LogP contribution in [0.3, 0.4) is 0 Å². The molecule has 1 aliphatic heterocycles. The summed E-state index contributed by atoms with van der Waals surface area (Å²) in [5.41, 5.74) is 7.15. The Bertz CT molecular complexity index is 782. The number of hydrogen-bond donors (Lipinski definition) is 3. The van der Waals surface area contributed by atoms with Gasteiger partial charge in [-0.3, -0.25) is 4.90 Å². The molecule has 0 saturated carbocycles. The van der Waals surface area contributed by atoms with Gasteiger partial charge in [0.15, 0.2) is 0 Å². The third-order valence-electron chi connectivity index (χ3n) is 4.02. The van der Waals surface area contributed by atoms with Crippen molar-refractivity contribution in [3.8, 4) is 0 Å². The number of cyclic esters (lactones) is 1. The van der Waals surface area contributed by atoms with E-state index in [0.717, 1.165) is 5.56 Å². The van der Waals surface area contributed by atoms with Crippen molar-refractivity contribution in [2.45, 2.75) is 12.6 Å². The maximum atomic E-state index is 14.4. The van der Waals surface area contributed by atoms with Crippen molar-refractivity contribution >= 4 is 17.5 Å². The number of nitrogens with zero attached hydrogens (tertiary/aromatic N) is 1. The van der Waals surface area contributed by atoms with Crippen molar-refractivity contribution in [1.29, 1.82) is 0 Å². The fourth-order valence-electron chi connectivity index (χ4n) is 2.71. The van der Waals surface area contributed by atoms with E-state index in [2.05, 4.69) is 10.6 Å². The van der Waals surface area contributed by atoms with E-state index >= 15 is 0 Å². The average molecular weight is 356 g/mol. The Morgan fingerprint density at radius 3 is 2.81 bits per heavy atom. The van der Waals surface area contributed by atoms with Crippen molar-refractivity contribution in [3.05, 3.63) is 72.3 Å². The molecule has 1 aliphatic rings. The van der Waals surface area contributed by atoms with Gasteiger partial charge in [0, 0.05) is 18.9 Å². The number of amides is 1. The third-order valence-corrected chi connectivity index (χ3v) is 4.02. The Morgan fingerprint density at radius 2 is 2.08 bits per heavy atom. The summed E-state index contributed by atoms with van der Waals surface area (Å²) in [5.74, 6) is -0.418. The summed E-state index contributed by atoms with van der Waals surface area (Å²) in [7, 11) is 0. The van der Waals surface area contributed by atoms with Gasteiger partial charge in [0.25, 0.3) is 0 Å². The largest absolute Gasteiger partial charge is 0.442 e. The van der Waals surface area contributed by atoms with Gasteiger partial charge in [-0.15, -0.1) is 0 Å². The van der Waals surface area contributed by atoms with Gasteiger partial charge in [0.05, 0.1) is 24.5 Å². The minimum atomic E-state index is -0.488. The molecule has 3 rings (SSSR count). The average Bonchev–Trinajstić information content (AvgIpc) is 3.02. The number of halogens is 1. The first-order valence-corrected chi connectivity index (χ1v) is 8.33. The van der Waals surface area contributed by atoms with Gasteiger partial charge in [-0.2, -0.15) is 0 Å². The first-order valence-electron chi connectivity index (χ1n) is 8.33. The lowest BCUT2D eigenvalue weighted by Crippen LogP contribution is -2.28. The van der Waals surface area contributed by atoms with Crippen LogP contribution in [-0.2, 0) is 11.3 Å². The van der Waals surface area contributed by atoms with E-state index in [1.165, 1.54) is 17.2 Å². The monoisotopic (exact) mass is 356 g/mol. The number of nitrogens with one attached hydrogen (secondary N) is 2. The fourth-order valence-corrected chi connectivity index (χ4v) is 2.71. The van der Waals surface area contributed by atoms with Crippen LogP contribution >= 0.6 is 0 Å². The minimum absolute atomic E-state index is 0.322. The van der Waals surface area contributed by atoms with Gasteiger partial charge in [-0.25, -0.2) is 9.18 Å². The molecule has 1 saturated heterocycles. The molecule has 136 valence electrons. The fraction of sp³-hybridized carbons (Fsp3) is 0.211. The highest BCUT2D eigenvalue weighted by atomic mass is 19.1. The van der Waals surface area contributed by atoms with Gasteiger partial charge in [-0.05, 0) is 23.8 Å². The van der Waals surface area contributed by atoms with E-state index in [0.29, 0.717) is 31.0 Å². The van der Waals surface area contributed by atoms with Crippen molar-refractivity contribution in [1.82, 2.24) is 5.32 Å². The zero-order chi connectivity index (χ0) is 18.4. The predicted molar refractivity (Wildman–Crippen MR) is 99.1 cm³/mol. The summed E-state index contributed by atoms with van der Waals surface area (Å²) < 4.78 is 19.7. The standard InChI is InChI=1S/C19H21FN4O2/c20-17-10-15(24-13-16(26-19(24)25)12-22-9-8-21)6-7-18(17)23-11-14-4-2-1-3-5-14/h1-10,16,22-23H,11-13,21H2/b9-8-/t16-/m0/s1. The van der Waals surface area contributed by atoms with Crippen LogP contribution in [0.5, 0.6) is 0 Å². The van der Waals surface area contributed by atoms with Crippen LogP contribution in [0.2, 0.25) is 0 Å². The van der Waals surface area contributed by atoms with Crippen LogP contribution in [0.15, 0.2) is 60.9 Å². The molecule has 2 aromatic rings. The summed E-state index contributed by atoms with van der Waals surface area (Å²) in [6.07, 6.45) is 2.13. The Morgan fingerprint density at radius 1 is 1.27 bits per heavy atom. The van der Waals surface area contributed by atoms with Gasteiger partial charge in [0.1, 0.15) is 11.9 Å². The van der Waals surface area contributed by atoms with Crippen LogP contribution in [0, 0.1) is 5.82 Å². The number of rotatable bonds is 7. The molecule has 1 heterocycles. The van der Waals surface area contributed by atoms with Crippen LogP contribution in [0.1, 0.15) is 5.56 Å². The quantitative estimate of drug-likeness (QED) is 0.711. The Balaban J connectivity index is 1.62. The molecule has 1 amide bonds. The summed E-state index contributed by atoms with van der Waals surface area (Å²) >= 11 is 0. The zero-order valence-electron chi connectivity index (χ0n) is 14.2. The van der Waals surface area contributed by atoms with E-state index in [4.69, 9.17) is 10.5 Å². The predicted octanol–water partition coefficient (Wildman–Crippen LogP) is 2.78. The molecule has 7 heteroatoms. The van der Waals surface area contributed by atoms with Gasteiger partial charge in [0.2, 0.25) is 0 Å². The lowest BCUT2D eigenvalue weighted by atomic mass is 10.2. The highest BCUT2D eigenvalue weighted by molar-refractivity contribution is 5.90. The van der Waals surface area contributed by atoms with E-state index in [9.17, 15) is 9.18 Å². The number of anilines is 2. The Hall–Kier alpha value is -3.22. The summed E-state index contributed by atoms with van der Waals surface area (Å²) in [6, 6.07) is 14.4. The normalized spacial score (nSPS) is 16.7. The van der Waals surface area contributed by atoms with Crippen LogP contribution < -0.4 is 21.3 Å². The van der Waals surface area contributed by atoms with Crippen LogP contribution in [0.25, 0.3) is 0 Å². The highest BCUT2D eigenvalue weighted by Gasteiger charge is 2.32. The number of carbonyl (C=O) groups is 1. The summed E-state index contributed by atoms with van der Waals surface area (Å²) in [5, 5.41) is 5.99. The topological polar surface area (TPSA) is 79.6 Å². The van der Waals surface area contributed by atoms with Crippen molar-refractivity contribution in [3.63, 3.8) is 0 Å². The molecule has 0 aliphatic carbocycles. The summed E-state index contributed by atoms with van der Waals surface area (Å²) in [4.78, 5) is 13.4. The molecule has 2 aromatic carbocycles. The summed E-state index contributed by atoms with van der Waals surface area (Å²) in [6.45, 7) is 1.31. The SMILES string of the molecule is N/C=C\NC[C@H]1CN(c2ccc(NCc3ccccc3)c(F)c2)C(=O)O1. The molecule has 0 radical (unpaired) electrons. The van der Waals surface area contributed by atoms with Gasteiger partial charge >= 0.3 is 6.09 Å². The van der Waals surface area contributed by atoms with E-state index in [1.807, 2.05) is 30.3 Å². The maximum Gasteiger partial charge on any atom is 0.414 e. The molecule has 0 aromatic heterocycles. The number of nitrogens with two attached hydrogens (primary N) is 1. The number of hydrogen-bond acceptors (Lipinski definition) is 5. The molecule has 0 bridgehead atoms. The number of carbonyl (C=O) groups excluding carboxylic acids is 1. The molecule has 1 fully saturated rings. The van der Waals surface area contributed by atoms with Crippen molar-refractivity contribution < 1.29 is 13.9 Å². The van der Waals surface area contributed by atoms with E-state index in [-0.39, 0.29) is 6.10 Å². The molecule has 1 atom stereocenters. The minimum Gasteiger partial charge on any atom is -0.442 e. The second-order valence-corrected chi connectivity index (χ2v) is 5.89. The van der Waals surface area contributed by atoms with E-state index in [1.54, 1.807) is 18.3 Å². The van der Waals surface area contributed by atoms with Gasteiger partial charge < -0.3 is 21.1 Å². The number of ether oxygens (including phenoxy) is 1. The smallest absolute Gasteiger partial charge is 0.414 e. The second-order valence-electron chi connectivity index (χ2n) is 5.89. The molecular weight excluding hydrogens is 335 g/mol. The molecule has 0 unspecified atom stereocenters. The lowest BCUT2D eigenvalue weighted by Gasteiger charge is -2.15. The Labute approximate surface area is 151 Å². The second kappa shape index (κ2) is 8.24. The van der Waals surface area contributed by atoms with Crippen molar-refractivity contribution in [2.24, 2.45) is 5.73 Å².